The number of nitrogens with zero attached hydrogens (tertiary/aromatic N) is 5. The summed E-state index contributed by atoms with van der Waals surface area (Å²) in [4.78, 5) is 111. The summed E-state index contributed by atoms with van der Waals surface area (Å²) in [5.74, 6) is -5.20. The number of esters is 3. The Morgan fingerprint density at radius 1 is 0.835 bits per heavy atom. The molecule has 0 spiro atoms. The van der Waals surface area contributed by atoms with Crippen molar-refractivity contribution in [3.8, 4) is 0 Å². The van der Waals surface area contributed by atoms with E-state index in [4.69, 9.17) is 40.6 Å². The van der Waals surface area contributed by atoms with Gasteiger partial charge in [-0.2, -0.15) is 4.99 Å². The number of carbonyl (C=O) groups is 8. The number of cyclic esters (lactones) is 2. The number of aliphatic imine (C=N–C) groups is 1. The summed E-state index contributed by atoms with van der Waals surface area (Å²) in [5.41, 5.74) is 2.26. The first kappa shape index (κ1) is 66.7. The van der Waals surface area contributed by atoms with Gasteiger partial charge in [0.1, 0.15) is 12.6 Å². The third kappa shape index (κ3) is 30.4. The van der Waals surface area contributed by atoms with Crippen molar-refractivity contribution in [1.29, 1.82) is 0 Å². The number of carboxylic acids is 1. The molecule has 26 nitrogen and oxygen atoms in total. The van der Waals surface area contributed by atoms with E-state index in [1.165, 1.54) is 0 Å². The number of benzene rings is 2. The van der Waals surface area contributed by atoms with E-state index in [1.807, 2.05) is 23.6 Å². The minimum Gasteiger partial charge on any atom is -0.480 e. The molecule has 2 aromatic rings. The molecule has 436 valence electrons. The van der Waals surface area contributed by atoms with Gasteiger partial charge in [0.2, 0.25) is 17.7 Å². The van der Waals surface area contributed by atoms with Crippen molar-refractivity contribution in [2.45, 2.75) is 52.2 Å². The van der Waals surface area contributed by atoms with Crippen LogP contribution in [0.4, 0.5) is 11.4 Å². The number of amides is 4. The maximum Gasteiger partial charge on any atom is 0.412 e. The molecular weight excluding hydrogens is 1070 g/mol. The number of thiocarbonyl (C=S) groups is 2. The van der Waals surface area contributed by atoms with Gasteiger partial charge in [-0.3, -0.25) is 53.2 Å². The maximum atomic E-state index is 12.8. The van der Waals surface area contributed by atoms with Gasteiger partial charge in [0.25, 0.3) is 5.91 Å². The fourth-order valence-electron chi connectivity index (χ4n) is 7.10. The first-order chi connectivity index (χ1) is 38.0. The molecule has 0 radical (unpaired) electrons. The van der Waals surface area contributed by atoms with Crippen LogP contribution in [0.15, 0.2) is 53.5 Å². The molecule has 2 atom stereocenters. The van der Waals surface area contributed by atoms with E-state index in [0.717, 1.165) is 5.69 Å². The number of isothiocyanates is 1. The molecule has 7 N–H and O–H groups in total. The average Bonchev–Trinajstić information content (AvgIpc) is 3.43. The molecule has 1 saturated heterocycles. The summed E-state index contributed by atoms with van der Waals surface area (Å²) >= 11 is 9.91. The number of hydrogen-bond acceptors (Lipinski definition) is 21. The van der Waals surface area contributed by atoms with Crippen molar-refractivity contribution in [2.75, 3.05) is 144 Å². The fraction of sp³-hybridized carbons (Fsp3) is 0.569. The smallest absolute Gasteiger partial charge is 0.412 e. The zero-order valence-corrected chi connectivity index (χ0v) is 46.9. The molecule has 0 aromatic heterocycles. The summed E-state index contributed by atoms with van der Waals surface area (Å²) in [5, 5.41) is 28.9. The number of hydrogen-bond donors (Lipinski definition) is 7. The van der Waals surface area contributed by atoms with Gasteiger partial charge in [0, 0.05) is 57.1 Å². The number of anilines is 1. The van der Waals surface area contributed by atoms with Gasteiger partial charge in [-0.15, -0.1) is 0 Å². The largest absolute Gasteiger partial charge is 0.480 e. The van der Waals surface area contributed by atoms with Crippen LogP contribution in [-0.4, -0.2) is 234 Å². The molecule has 1 unspecified atom stereocenters. The van der Waals surface area contributed by atoms with Crippen LogP contribution in [0.3, 0.4) is 0 Å². The number of carboxylic acid groups (broad SMARTS) is 1. The summed E-state index contributed by atoms with van der Waals surface area (Å²) in [6.45, 7) is 6.16. The highest BCUT2D eigenvalue weighted by atomic mass is 32.1. The lowest BCUT2D eigenvalue weighted by Gasteiger charge is -2.24. The van der Waals surface area contributed by atoms with Crippen LogP contribution in [-0.2, 0) is 68.5 Å². The van der Waals surface area contributed by atoms with Crippen LogP contribution < -0.4 is 31.9 Å². The highest BCUT2D eigenvalue weighted by Gasteiger charge is 2.27. The van der Waals surface area contributed by atoms with Crippen molar-refractivity contribution >= 4 is 93.6 Å². The van der Waals surface area contributed by atoms with Crippen molar-refractivity contribution in [3.63, 3.8) is 0 Å². The SMILES string of the molecule is CCN(CCN(C)CC(=O)OC1OC(=O)CN(C)CCN(CC)CC(=O)O1)CC(=O)NCCOCCOCCOCC(=O)NCc1cccc(C(=O)NCC(=O)N[C@@H](CCCCNC(=S)Nc2ccc(N=C=S)cc2)C(=O)O)c1. The van der Waals surface area contributed by atoms with E-state index in [2.05, 4.69) is 54.3 Å². The molecule has 79 heavy (non-hydrogen) atoms. The lowest BCUT2D eigenvalue weighted by atomic mass is 10.1. The predicted molar refractivity (Wildman–Crippen MR) is 296 cm³/mol. The Labute approximate surface area is 470 Å². The second kappa shape index (κ2) is 38.9. The minimum absolute atomic E-state index is 0.0563. The number of carbonyl (C=O) groups excluding carboxylic acids is 7. The van der Waals surface area contributed by atoms with Gasteiger partial charge >= 0.3 is 30.4 Å². The van der Waals surface area contributed by atoms with Crippen LogP contribution in [0, 0.1) is 0 Å². The summed E-state index contributed by atoms with van der Waals surface area (Å²) < 4.78 is 31.9. The van der Waals surface area contributed by atoms with E-state index in [-0.39, 0.29) is 96.8 Å². The van der Waals surface area contributed by atoms with Gasteiger partial charge in [0.15, 0.2) is 5.11 Å². The number of likely N-dealkylation sites (N-methyl/N-ethyl adjacent to an activating group) is 4. The number of unbranched alkanes of at least 4 members (excludes halogenated alkanes) is 1. The molecule has 4 amide bonds. The van der Waals surface area contributed by atoms with Crippen molar-refractivity contribution < 1.29 is 71.9 Å². The fourth-order valence-corrected chi connectivity index (χ4v) is 7.42. The minimum atomic E-state index is -1.81. The Morgan fingerprint density at radius 2 is 1.54 bits per heavy atom. The molecule has 0 saturated carbocycles. The highest BCUT2D eigenvalue weighted by molar-refractivity contribution is 7.80. The van der Waals surface area contributed by atoms with Gasteiger partial charge in [0.05, 0.1) is 76.6 Å². The molecule has 1 heterocycles. The van der Waals surface area contributed by atoms with Gasteiger partial charge in [-0.05, 0) is 113 Å². The second-order valence-electron chi connectivity index (χ2n) is 17.8. The molecule has 3 rings (SSSR count). The lowest BCUT2D eigenvalue weighted by Crippen LogP contribution is -2.45. The molecule has 0 aliphatic carbocycles. The Hall–Kier alpha value is -6.59. The van der Waals surface area contributed by atoms with E-state index in [0.29, 0.717) is 75.0 Å². The maximum absolute atomic E-state index is 12.8. The number of rotatable bonds is 35. The van der Waals surface area contributed by atoms with Crippen LogP contribution in [0.25, 0.3) is 0 Å². The van der Waals surface area contributed by atoms with Gasteiger partial charge in [-0.25, -0.2) is 4.79 Å². The van der Waals surface area contributed by atoms with Crippen LogP contribution in [0.2, 0.25) is 0 Å². The lowest BCUT2D eigenvalue weighted by molar-refractivity contribution is -0.258. The second-order valence-corrected chi connectivity index (χ2v) is 18.4. The van der Waals surface area contributed by atoms with Crippen molar-refractivity contribution in [1.82, 2.24) is 46.2 Å². The molecule has 28 heteroatoms. The van der Waals surface area contributed by atoms with Crippen LogP contribution in [0.1, 0.15) is 49.0 Å². The zero-order chi connectivity index (χ0) is 57.8. The first-order valence-electron chi connectivity index (χ1n) is 25.8. The molecule has 2 aromatic carbocycles. The van der Waals surface area contributed by atoms with E-state index in [9.17, 15) is 43.5 Å². The van der Waals surface area contributed by atoms with Crippen LogP contribution >= 0.6 is 24.4 Å². The highest BCUT2D eigenvalue weighted by Crippen LogP contribution is 2.16. The van der Waals surface area contributed by atoms with Crippen molar-refractivity contribution in [3.05, 3.63) is 59.7 Å². The van der Waals surface area contributed by atoms with Crippen molar-refractivity contribution in [2.24, 2.45) is 4.99 Å². The quantitative estimate of drug-likeness (QED) is 0.0208. The summed E-state index contributed by atoms with van der Waals surface area (Å²) in [7, 11) is 3.43. The molecular formula is C51H75N11O15S2. The van der Waals surface area contributed by atoms with E-state index >= 15 is 0 Å². The molecule has 0 bridgehead atoms. The van der Waals surface area contributed by atoms with E-state index in [1.54, 1.807) is 72.4 Å². The monoisotopic (exact) mass is 1150 g/mol. The number of aliphatic carboxylic acids is 1. The first-order valence-corrected chi connectivity index (χ1v) is 26.6. The number of ether oxygens (including phenoxy) is 6. The van der Waals surface area contributed by atoms with Gasteiger partial charge in [-0.1, -0.05) is 26.0 Å². The predicted octanol–water partition coefficient (Wildman–Crippen LogP) is 0.0934. The van der Waals surface area contributed by atoms with Crippen LogP contribution in [0.5, 0.6) is 0 Å². The summed E-state index contributed by atoms with van der Waals surface area (Å²) in [6.07, 6.45) is 1.21. The topological polar surface area (TPSA) is 310 Å². The standard InChI is InChI=1S/C51H75N11O15S2/c1-5-61(21-19-59(3)32-45(66)75-51-76-46(67)33-60(4)20-22-62(6-2)34-47(68)77-51)31-43(64)52-18-23-72-24-25-73-26-27-74-35-44(65)54-29-37-10-9-11-38(28-37)48(69)55-30-42(63)58-41(49(70)71)12-7-8-17-53-50(79)57-40-15-13-39(14-16-40)56-36-78/h9-11,13-16,28,41,51H,5-8,12,17-27,29-35H2,1-4H3,(H,52,64)(H,54,65)(H,55,69)(H,58,63)(H,70,71)(H2,53,57,79)/t41-,51?/m0/s1. The average molecular weight is 1150 g/mol. The Kier molecular flexibility index (Phi) is 32.8. The molecule has 1 aliphatic heterocycles. The number of nitrogens with one attached hydrogen (secondary N) is 6. The third-order valence-corrected chi connectivity index (χ3v) is 11.8. The molecule has 1 aliphatic rings. The normalized spacial score (nSPS) is 14.6. The Balaban J connectivity index is 1.19. The molecule has 1 fully saturated rings. The summed E-state index contributed by atoms with van der Waals surface area (Å²) in [6, 6.07) is 12.4. The Morgan fingerprint density at radius 3 is 2.24 bits per heavy atom. The van der Waals surface area contributed by atoms with Gasteiger partial charge < -0.3 is 65.4 Å². The third-order valence-electron chi connectivity index (χ3n) is 11.5. The van der Waals surface area contributed by atoms with E-state index < -0.39 is 60.7 Å². The zero-order valence-electron chi connectivity index (χ0n) is 45.3. The Bertz CT molecular complexity index is 2330.